The van der Waals surface area contributed by atoms with Gasteiger partial charge in [-0.2, -0.15) is 0 Å². The molecule has 1 aliphatic rings. The van der Waals surface area contributed by atoms with Crippen LogP contribution < -0.4 is 0 Å². The molecule has 0 spiro atoms. The molecule has 1 fully saturated rings. The summed E-state index contributed by atoms with van der Waals surface area (Å²) in [5.41, 5.74) is -0.343. The number of hydrogen-bond donors (Lipinski definition) is 1. The fourth-order valence-electron chi connectivity index (χ4n) is 2.03. The summed E-state index contributed by atoms with van der Waals surface area (Å²) in [6, 6.07) is 0. The molecule has 1 N–H and O–H groups in total. The minimum Gasteiger partial charge on any atom is -0.389 e. The quantitative estimate of drug-likeness (QED) is 0.715. The van der Waals surface area contributed by atoms with Gasteiger partial charge in [0.25, 0.3) is 0 Å². The van der Waals surface area contributed by atoms with E-state index >= 15 is 0 Å². The maximum Gasteiger partial charge on any atom is 0.132 e. The molecular weight excluding hydrogens is 164 g/mol. The van der Waals surface area contributed by atoms with E-state index in [1.807, 2.05) is 0 Å². The fraction of sp³-hybridized carbons (Fsp3) is 0.909. The highest BCUT2D eigenvalue weighted by atomic mass is 16.3. The highest BCUT2D eigenvalue weighted by Gasteiger charge is 2.37. The van der Waals surface area contributed by atoms with E-state index < -0.39 is 5.60 Å². The van der Waals surface area contributed by atoms with Gasteiger partial charge in [0.2, 0.25) is 0 Å². The second-order valence-corrected chi connectivity index (χ2v) is 5.27. The van der Waals surface area contributed by atoms with Crippen molar-refractivity contribution in [2.75, 3.05) is 0 Å². The van der Waals surface area contributed by atoms with Gasteiger partial charge in [0.1, 0.15) is 5.78 Å². The average Bonchev–Trinajstić information content (AvgIpc) is 1.95. The molecule has 0 saturated heterocycles. The minimum atomic E-state index is -0.693. The molecule has 0 atom stereocenters. The van der Waals surface area contributed by atoms with Crippen LogP contribution in [-0.4, -0.2) is 16.5 Å². The van der Waals surface area contributed by atoms with E-state index in [0.29, 0.717) is 11.8 Å². The van der Waals surface area contributed by atoms with Crippen molar-refractivity contribution in [2.45, 2.75) is 58.5 Å². The lowest BCUT2D eigenvalue weighted by molar-refractivity contribution is -0.124. The monoisotopic (exact) mass is 184 g/mol. The van der Waals surface area contributed by atoms with E-state index in [9.17, 15) is 9.90 Å². The van der Waals surface area contributed by atoms with Crippen LogP contribution in [0.25, 0.3) is 0 Å². The number of carbonyl (C=O) groups excluding carboxylic acids is 1. The zero-order valence-corrected chi connectivity index (χ0v) is 8.89. The second kappa shape index (κ2) is 3.41. The molecule has 1 aliphatic carbocycles. The second-order valence-electron chi connectivity index (χ2n) is 5.27. The van der Waals surface area contributed by atoms with E-state index in [-0.39, 0.29) is 5.78 Å². The van der Waals surface area contributed by atoms with Crippen molar-refractivity contribution in [3.05, 3.63) is 0 Å². The Kier molecular flexibility index (Phi) is 2.81. The summed E-state index contributed by atoms with van der Waals surface area (Å²) in [6.45, 7) is 6.00. The molecule has 0 radical (unpaired) electrons. The number of rotatable bonds is 2. The number of Topliss-reactive ketones (excluding diaryl/α,β-unsaturated/α-hetero) is 1. The molecule has 1 rings (SSSR count). The topological polar surface area (TPSA) is 37.3 Å². The summed E-state index contributed by atoms with van der Waals surface area (Å²) in [4.78, 5) is 10.9. The normalized spacial score (nSPS) is 25.5. The third-order valence-electron chi connectivity index (χ3n) is 3.11. The first-order chi connectivity index (χ1) is 5.83. The van der Waals surface area contributed by atoms with Crippen LogP contribution in [0.4, 0.5) is 0 Å². The first-order valence-electron chi connectivity index (χ1n) is 5.05. The van der Waals surface area contributed by atoms with Gasteiger partial charge in [-0.05, 0) is 38.0 Å². The Labute approximate surface area is 80.3 Å². The van der Waals surface area contributed by atoms with Gasteiger partial charge < -0.3 is 5.11 Å². The Morgan fingerprint density at radius 3 is 2.08 bits per heavy atom. The van der Waals surface area contributed by atoms with Gasteiger partial charge in [0.15, 0.2) is 0 Å². The maximum absolute atomic E-state index is 10.9. The Bertz CT molecular complexity index is 196. The average molecular weight is 184 g/mol. The maximum atomic E-state index is 10.9. The fourth-order valence-corrected chi connectivity index (χ4v) is 2.03. The van der Waals surface area contributed by atoms with Crippen LogP contribution in [0.3, 0.4) is 0 Å². The van der Waals surface area contributed by atoms with Crippen LogP contribution in [0.15, 0.2) is 0 Å². The van der Waals surface area contributed by atoms with Gasteiger partial charge in [-0.1, -0.05) is 13.8 Å². The number of hydrogen-bond acceptors (Lipinski definition) is 2. The van der Waals surface area contributed by atoms with Crippen LogP contribution in [0.5, 0.6) is 0 Å². The molecular formula is C11H20O2. The molecule has 76 valence electrons. The third kappa shape index (κ3) is 3.11. The molecule has 0 aromatic rings. The van der Waals surface area contributed by atoms with E-state index in [1.165, 1.54) is 0 Å². The SMILES string of the molecule is CC(=O)CC1(O)CCC(C)(C)CC1. The lowest BCUT2D eigenvalue weighted by Gasteiger charge is -2.39. The highest BCUT2D eigenvalue weighted by molar-refractivity contribution is 5.76. The van der Waals surface area contributed by atoms with Gasteiger partial charge in [0.05, 0.1) is 5.60 Å². The Balaban J connectivity index is 2.51. The molecule has 0 aromatic carbocycles. The molecule has 1 saturated carbocycles. The van der Waals surface area contributed by atoms with E-state index in [0.717, 1.165) is 25.7 Å². The minimum absolute atomic E-state index is 0.0993. The summed E-state index contributed by atoms with van der Waals surface area (Å²) in [5, 5.41) is 10.1. The van der Waals surface area contributed by atoms with Crippen molar-refractivity contribution in [2.24, 2.45) is 5.41 Å². The molecule has 0 aromatic heterocycles. The first-order valence-corrected chi connectivity index (χ1v) is 5.05. The lowest BCUT2D eigenvalue weighted by atomic mass is 9.69. The molecule has 2 nitrogen and oxygen atoms in total. The van der Waals surface area contributed by atoms with Crippen LogP contribution >= 0.6 is 0 Å². The predicted molar refractivity (Wildman–Crippen MR) is 52.5 cm³/mol. The van der Waals surface area contributed by atoms with Crippen LogP contribution in [0, 0.1) is 5.41 Å². The summed E-state index contributed by atoms with van der Waals surface area (Å²) >= 11 is 0. The number of carbonyl (C=O) groups is 1. The van der Waals surface area contributed by atoms with Crippen molar-refractivity contribution in [1.29, 1.82) is 0 Å². The summed E-state index contributed by atoms with van der Waals surface area (Å²) < 4.78 is 0. The standard InChI is InChI=1S/C11H20O2/c1-9(12)8-11(13)6-4-10(2,3)5-7-11/h13H,4-8H2,1-3H3. The van der Waals surface area contributed by atoms with Gasteiger partial charge in [-0.3, -0.25) is 4.79 Å². The van der Waals surface area contributed by atoms with E-state index in [1.54, 1.807) is 6.92 Å². The van der Waals surface area contributed by atoms with Crippen molar-refractivity contribution in [3.8, 4) is 0 Å². The number of aliphatic hydroxyl groups is 1. The van der Waals surface area contributed by atoms with Crippen molar-refractivity contribution in [3.63, 3.8) is 0 Å². The van der Waals surface area contributed by atoms with Gasteiger partial charge in [-0.15, -0.1) is 0 Å². The molecule has 2 heteroatoms. The molecule has 0 amide bonds. The molecule has 0 heterocycles. The summed E-state index contributed by atoms with van der Waals surface area (Å²) in [5.74, 6) is 0.0993. The largest absolute Gasteiger partial charge is 0.389 e. The first kappa shape index (κ1) is 10.7. The Morgan fingerprint density at radius 2 is 1.69 bits per heavy atom. The third-order valence-corrected chi connectivity index (χ3v) is 3.11. The van der Waals surface area contributed by atoms with Gasteiger partial charge in [0, 0.05) is 6.42 Å². The van der Waals surface area contributed by atoms with Crippen LogP contribution in [0.2, 0.25) is 0 Å². The molecule has 0 aliphatic heterocycles. The van der Waals surface area contributed by atoms with E-state index in [2.05, 4.69) is 13.8 Å². The van der Waals surface area contributed by atoms with E-state index in [4.69, 9.17) is 0 Å². The van der Waals surface area contributed by atoms with Crippen molar-refractivity contribution in [1.82, 2.24) is 0 Å². The summed E-state index contributed by atoms with van der Waals surface area (Å²) in [7, 11) is 0. The lowest BCUT2D eigenvalue weighted by Crippen LogP contribution is -2.38. The highest BCUT2D eigenvalue weighted by Crippen LogP contribution is 2.41. The zero-order chi connectivity index (χ0) is 10.1. The van der Waals surface area contributed by atoms with Gasteiger partial charge in [-0.25, -0.2) is 0 Å². The molecule has 0 bridgehead atoms. The van der Waals surface area contributed by atoms with Crippen molar-refractivity contribution >= 4 is 5.78 Å². The Morgan fingerprint density at radius 1 is 1.23 bits per heavy atom. The number of ketones is 1. The van der Waals surface area contributed by atoms with Crippen LogP contribution in [-0.2, 0) is 4.79 Å². The van der Waals surface area contributed by atoms with Crippen LogP contribution in [0.1, 0.15) is 52.9 Å². The van der Waals surface area contributed by atoms with Gasteiger partial charge >= 0.3 is 0 Å². The molecule has 0 unspecified atom stereocenters. The Hall–Kier alpha value is -0.370. The summed E-state index contributed by atoms with van der Waals surface area (Å²) in [6.07, 6.45) is 3.94. The zero-order valence-electron chi connectivity index (χ0n) is 8.89. The van der Waals surface area contributed by atoms with Crippen molar-refractivity contribution < 1.29 is 9.90 Å². The molecule has 13 heavy (non-hydrogen) atoms. The smallest absolute Gasteiger partial charge is 0.132 e. The predicted octanol–water partition coefficient (Wildman–Crippen LogP) is 2.30.